The average Bonchev–Trinajstić information content (AvgIpc) is 2.37. The maximum absolute atomic E-state index is 11.5. The Morgan fingerprint density at radius 3 is 2.27 bits per heavy atom. The summed E-state index contributed by atoms with van der Waals surface area (Å²) in [5.41, 5.74) is 0. The van der Waals surface area contributed by atoms with Crippen LogP contribution < -0.4 is 10.6 Å². The normalized spacial score (nSPS) is 21.6. The minimum absolute atomic E-state index is 0. The monoisotopic (exact) mass is 355 g/mol. The minimum atomic E-state index is 0. The maximum atomic E-state index is 11.5. The molecule has 1 amide bonds. The van der Waals surface area contributed by atoms with Crippen LogP contribution in [0.5, 0.6) is 0 Å². The number of hydrogen-bond donors (Lipinski definition) is 2. The van der Waals surface area contributed by atoms with Crippen molar-refractivity contribution in [2.24, 2.45) is 11.8 Å². The molecular formula is C16H35Cl2N3O. The summed E-state index contributed by atoms with van der Waals surface area (Å²) in [6, 6.07) is 0. The summed E-state index contributed by atoms with van der Waals surface area (Å²) >= 11 is 0. The molecule has 0 spiro atoms. The minimum Gasteiger partial charge on any atom is -0.356 e. The Morgan fingerprint density at radius 1 is 1.05 bits per heavy atom. The van der Waals surface area contributed by atoms with Crippen LogP contribution in [0.1, 0.15) is 46.0 Å². The standard InChI is InChI=1S/C16H33N3O.2ClH/c1-14-11-15(2)13-19(12-14)10-5-4-9-18-16(20)7-6-8-17-3;;/h14-15,17H,4-13H2,1-3H3,(H,18,20);2*1H. The van der Waals surface area contributed by atoms with E-state index in [1.165, 1.54) is 32.5 Å². The Balaban J connectivity index is 0. The quantitative estimate of drug-likeness (QED) is 0.625. The van der Waals surface area contributed by atoms with Crippen molar-refractivity contribution in [3.8, 4) is 0 Å². The molecule has 22 heavy (non-hydrogen) atoms. The molecule has 0 aromatic rings. The van der Waals surface area contributed by atoms with Gasteiger partial charge in [-0.2, -0.15) is 0 Å². The topological polar surface area (TPSA) is 44.4 Å². The number of carbonyl (C=O) groups is 1. The first-order valence-corrected chi connectivity index (χ1v) is 8.25. The fourth-order valence-electron chi connectivity index (χ4n) is 3.18. The largest absolute Gasteiger partial charge is 0.356 e. The summed E-state index contributed by atoms with van der Waals surface area (Å²) in [5, 5.41) is 6.07. The lowest BCUT2D eigenvalue weighted by Gasteiger charge is -2.34. The molecule has 134 valence electrons. The second-order valence-corrected chi connectivity index (χ2v) is 6.47. The van der Waals surface area contributed by atoms with Crippen molar-refractivity contribution in [2.75, 3.05) is 39.8 Å². The fourth-order valence-corrected chi connectivity index (χ4v) is 3.18. The number of unbranched alkanes of at least 4 members (excludes halogenated alkanes) is 1. The molecule has 0 aromatic heterocycles. The van der Waals surface area contributed by atoms with E-state index in [9.17, 15) is 4.79 Å². The van der Waals surface area contributed by atoms with E-state index in [1.807, 2.05) is 7.05 Å². The van der Waals surface area contributed by atoms with Crippen LogP contribution in [0.2, 0.25) is 0 Å². The molecule has 1 saturated heterocycles. The number of nitrogens with zero attached hydrogens (tertiary/aromatic N) is 1. The lowest BCUT2D eigenvalue weighted by molar-refractivity contribution is -0.121. The molecule has 0 aliphatic carbocycles. The van der Waals surface area contributed by atoms with Crippen LogP contribution in [0.4, 0.5) is 0 Å². The summed E-state index contributed by atoms with van der Waals surface area (Å²) in [4.78, 5) is 14.1. The van der Waals surface area contributed by atoms with Crippen LogP contribution in [0.15, 0.2) is 0 Å². The smallest absolute Gasteiger partial charge is 0.220 e. The van der Waals surface area contributed by atoms with Crippen LogP contribution >= 0.6 is 24.8 Å². The molecule has 4 nitrogen and oxygen atoms in total. The molecule has 1 aliphatic rings. The molecule has 1 heterocycles. The first-order chi connectivity index (χ1) is 9.61. The summed E-state index contributed by atoms with van der Waals surface area (Å²) in [6.07, 6.45) is 5.22. The Bertz CT molecular complexity index is 270. The van der Waals surface area contributed by atoms with Gasteiger partial charge in [0.1, 0.15) is 0 Å². The predicted molar refractivity (Wildman–Crippen MR) is 99.3 cm³/mol. The number of halogens is 2. The third kappa shape index (κ3) is 11.5. The van der Waals surface area contributed by atoms with Gasteiger partial charge in [0.2, 0.25) is 5.91 Å². The first kappa shape index (κ1) is 24.2. The zero-order chi connectivity index (χ0) is 14.8. The number of amides is 1. The number of rotatable bonds is 9. The van der Waals surface area contributed by atoms with Crippen molar-refractivity contribution in [2.45, 2.75) is 46.0 Å². The highest BCUT2D eigenvalue weighted by Crippen LogP contribution is 2.20. The second kappa shape index (κ2) is 14.6. The number of carbonyl (C=O) groups excluding carboxylic acids is 1. The maximum Gasteiger partial charge on any atom is 0.220 e. The SMILES string of the molecule is CNCCCC(=O)NCCCCN1CC(C)CC(C)C1.Cl.Cl. The molecule has 0 aromatic carbocycles. The molecule has 1 aliphatic heterocycles. The zero-order valence-electron chi connectivity index (χ0n) is 14.4. The number of hydrogen-bond acceptors (Lipinski definition) is 3. The Labute approximate surface area is 149 Å². The lowest BCUT2D eigenvalue weighted by atomic mass is 9.92. The zero-order valence-corrected chi connectivity index (χ0v) is 16.0. The van der Waals surface area contributed by atoms with Crippen molar-refractivity contribution < 1.29 is 4.79 Å². The molecule has 1 rings (SSSR count). The Kier molecular flexibility index (Phi) is 16.0. The first-order valence-electron chi connectivity index (χ1n) is 8.25. The Hall–Kier alpha value is -0.0300. The molecule has 1 fully saturated rings. The van der Waals surface area contributed by atoms with E-state index >= 15 is 0 Å². The number of nitrogens with one attached hydrogen (secondary N) is 2. The Morgan fingerprint density at radius 2 is 1.68 bits per heavy atom. The highest BCUT2D eigenvalue weighted by Gasteiger charge is 2.20. The van der Waals surface area contributed by atoms with Crippen LogP contribution in [-0.2, 0) is 4.79 Å². The average molecular weight is 356 g/mol. The molecular weight excluding hydrogens is 321 g/mol. The van der Waals surface area contributed by atoms with Crippen molar-refractivity contribution in [3.05, 3.63) is 0 Å². The van der Waals surface area contributed by atoms with Gasteiger partial charge in [-0.25, -0.2) is 0 Å². The molecule has 6 heteroatoms. The van der Waals surface area contributed by atoms with E-state index < -0.39 is 0 Å². The van der Waals surface area contributed by atoms with E-state index in [0.717, 1.165) is 37.8 Å². The third-order valence-electron chi connectivity index (χ3n) is 4.00. The van der Waals surface area contributed by atoms with Gasteiger partial charge in [0, 0.05) is 26.1 Å². The molecule has 2 N–H and O–H groups in total. The van der Waals surface area contributed by atoms with E-state index in [0.29, 0.717) is 6.42 Å². The van der Waals surface area contributed by atoms with Gasteiger partial charge in [0.25, 0.3) is 0 Å². The number of likely N-dealkylation sites (tertiary alicyclic amines) is 1. The molecule has 0 radical (unpaired) electrons. The highest BCUT2D eigenvalue weighted by molar-refractivity contribution is 5.85. The van der Waals surface area contributed by atoms with Crippen molar-refractivity contribution in [1.29, 1.82) is 0 Å². The molecule has 2 unspecified atom stereocenters. The van der Waals surface area contributed by atoms with E-state index in [1.54, 1.807) is 0 Å². The van der Waals surface area contributed by atoms with Gasteiger partial charge in [-0.15, -0.1) is 24.8 Å². The van der Waals surface area contributed by atoms with Crippen molar-refractivity contribution in [1.82, 2.24) is 15.5 Å². The van der Waals surface area contributed by atoms with Crippen molar-refractivity contribution in [3.63, 3.8) is 0 Å². The lowest BCUT2D eigenvalue weighted by Crippen LogP contribution is -2.39. The van der Waals surface area contributed by atoms with Crippen LogP contribution in [0.3, 0.4) is 0 Å². The van der Waals surface area contributed by atoms with Crippen LogP contribution in [0, 0.1) is 11.8 Å². The van der Waals surface area contributed by atoms with Gasteiger partial charge in [-0.1, -0.05) is 13.8 Å². The molecule has 0 saturated carbocycles. The van der Waals surface area contributed by atoms with Gasteiger partial charge < -0.3 is 15.5 Å². The van der Waals surface area contributed by atoms with E-state index in [-0.39, 0.29) is 30.7 Å². The van der Waals surface area contributed by atoms with Crippen LogP contribution in [-0.4, -0.2) is 50.6 Å². The van der Waals surface area contributed by atoms with E-state index in [4.69, 9.17) is 0 Å². The van der Waals surface area contributed by atoms with Crippen LogP contribution in [0.25, 0.3) is 0 Å². The predicted octanol–water partition coefficient (Wildman–Crippen LogP) is 2.70. The van der Waals surface area contributed by atoms with E-state index in [2.05, 4.69) is 29.4 Å². The molecule has 2 atom stereocenters. The fraction of sp³-hybridized carbons (Fsp3) is 0.938. The summed E-state index contributed by atoms with van der Waals surface area (Å²) in [7, 11) is 1.92. The highest BCUT2D eigenvalue weighted by atomic mass is 35.5. The van der Waals surface area contributed by atoms with Gasteiger partial charge in [-0.3, -0.25) is 4.79 Å². The molecule has 0 bridgehead atoms. The summed E-state index contributed by atoms with van der Waals surface area (Å²) in [6.45, 7) is 10.1. The van der Waals surface area contributed by atoms with Gasteiger partial charge >= 0.3 is 0 Å². The van der Waals surface area contributed by atoms with Gasteiger partial charge in [0.15, 0.2) is 0 Å². The van der Waals surface area contributed by atoms with Gasteiger partial charge in [0.05, 0.1) is 0 Å². The summed E-state index contributed by atoms with van der Waals surface area (Å²) in [5.74, 6) is 1.87. The second-order valence-electron chi connectivity index (χ2n) is 6.47. The van der Waals surface area contributed by atoms with Crippen molar-refractivity contribution >= 4 is 30.7 Å². The van der Waals surface area contributed by atoms with Gasteiger partial charge in [-0.05, 0) is 57.7 Å². The third-order valence-corrected chi connectivity index (χ3v) is 4.00. The summed E-state index contributed by atoms with van der Waals surface area (Å²) < 4.78 is 0. The number of piperidine rings is 1.